The van der Waals surface area contributed by atoms with Crippen molar-refractivity contribution in [2.45, 2.75) is 19.9 Å². The van der Waals surface area contributed by atoms with E-state index in [9.17, 15) is 0 Å². The van der Waals surface area contributed by atoms with E-state index in [4.69, 9.17) is 10.6 Å². The summed E-state index contributed by atoms with van der Waals surface area (Å²) in [5.74, 6) is 5.87. The predicted molar refractivity (Wildman–Crippen MR) is 46.7 cm³/mol. The number of allylic oxidation sites excluding steroid dienone is 1. The molecule has 0 aliphatic heterocycles. The molecule has 3 heteroatoms. The number of nitrogens with two attached hydrogens (primary N) is 1. The molecule has 0 saturated heterocycles. The van der Waals surface area contributed by atoms with Crippen molar-refractivity contribution >= 4 is 0 Å². The second kappa shape index (κ2) is 4.93. The molecule has 0 aliphatic rings. The largest absolute Gasteiger partial charge is 0.497 e. The van der Waals surface area contributed by atoms with E-state index in [-0.39, 0.29) is 6.04 Å². The molecule has 0 spiro atoms. The number of hydrogen-bond donors (Lipinski definition) is 2. The Labute approximate surface area is 67.9 Å². The van der Waals surface area contributed by atoms with Crippen LogP contribution in [0.15, 0.2) is 24.0 Å². The summed E-state index contributed by atoms with van der Waals surface area (Å²) in [6, 6.07) is 0.155. The first kappa shape index (κ1) is 10.2. The zero-order valence-electron chi connectivity index (χ0n) is 7.35. The summed E-state index contributed by atoms with van der Waals surface area (Å²) in [6.07, 6.45) is 1.85. The van der Waals surface area contributed by atoms with Crippen molar-refractivity contribution in [3.8, 4) is 0 Å². The van der Waals surface area contributed by atoms with Crippen LogP contribution in [-0.2, 0) is 4.74 Å². The molecule has 0 heterocycles. The molecule has 0 aromatic rings. The van der Waals surface area contributed by atoms with Gasteiger partial charge >= 0.3 is 0 Å². The zero-order chi connectivity index (χ0) is 8.85. The molecule has 0 aliphatic carbocycles. The van der Waals surface area contributed by atoms with Gasteiger partial charge in [-0.25, -0.2) is 0 Å². The van der Waals surface area contributed by atoms with E-state index in [1.54, 1.807) is 7.11 Å². The summed E-state index contributed by atoms with van der Waals surface area (Å²) in [5.41, 5.74) is 3.73. The highest BCUT2D eigenvalue weighted by molar-refractivity contribution is 5.17. The minimum absolute atomic E-state index is 0.155. The van der Waals surface area contributed by atoms with Gasteiger partial charge in [-0.15, -0.1) is 0 Å². The van der Waals surface area contributed by atoms with Crippen molar-refractivity contribution < 1.29 is 4.74 Å². The lowest BCUT2D eigenvalue weighted by Crippen LogP contribution is -2.33. The summed E-state index contributed by atoms with van der Waals surface area (Å²) in [5, 5.41) is 0. The molecule has 0 fully saturated rings. The van der Waals surface area contributed by atoms with Crippen molar-refractivity contribution in [1.29, 1.82) is 0 Å². The van der Waals surface area contributed by atoms with Crippen LogP contribution in [-0.4, -0.2) is 13.2 Å². The molecule has 1 atom stereocenters. The fraction of sp³-hybridized carbons (Fsp3) is 0.500. The lowest BCUT2D eigenvalue weighted by atomic mass is 10.1. The highest BCUT2D eigenvalue weighted by atomic mass is 16.5. The van der Waals surface area contributed by atoms with Crippen LogP contribution < -0.4 is 11.3 Å². The number of rotatable bonds is 4. The quantitative estimate of drug-likeness (QED) is 0.276. The van der Waals surface area contributed by atoms with Crippen LogP contribution in [0.1, 0.15) is 13.8 Å². The Bertz CT molecular complexity index is 163. The van der Waals surface area contributed by atoms with Gasteiger partial charge in [0.1, 0.15) is 5.76 Å². The molecule has 0 aromatic heterocycles. The Morgan fingerprint density at radius 2 is 2.27 bits per heavy atom. The van der Waals surface area contributed by atoms with E-state index < -0.39 is 0 Å². The summed E-state index contributed by atoms with van der Waals surface area (Å²) in [4.78, 5) is 0. The first-order valence-electron chi connectivity index (χ1n) is 3.49. The highest BCUT2D eigenvalue weighted by Gasteiger charge is 2.00. The van der Waals surface area contributed by atoms with Crippen LogP contribution >= 0.6 is 0 Å². The number of nitrogens with one attached hydrogen (secondary N) is 1. The van der Waals surface area contributed by atoms with Gasteiger partial charge in [0.25, 0.3) is 0 Å². The number of hydrazine groups is 1. The average Bonchev–Trinajstić information content (AvgIpc) is 2.02. The molecular weight excluding hydrogens is 140 g/mol. The molecule has 0 aromatic carbocycles. The number of methoxy groups -OCH3 is 1. The molecule has 0 amide bonds. The van der Waals surface area contributed by atoms with E-state index in [1.807, 2.05) is 19.9 Å². The summed E-state index contributed by atoms with van der Waals surface area (Å²) < 4.78 is 4.88. The van der Waals surface area contributed by atoms with Gasteiger partial charge in [0.05, 0.1) is 7.11 Å². The molecule has 3 N–H and O–H groups in total. The first-order chi connectivity index (χ1) is 5.11. The second-order valence-corrected chi connectivity index (χ2v) is 2.45. The molecule has 11 heavy (non-hydrogen) atoms. The minimum atomic E-state index is 0.155. The number of ether oxygens (including phenoxy) is 1. The van der Waals surface area contributed by atoms with E-state index in [2.05, 4.69) is 12.0 Å². The van der Waals surface area contributed by atoms with Gasteiger partial charge in [0.15, 0.2) is 0 Å². The van der Waals surface area contributed by atoms with Crippen LogP contribution in [0.25, 0.3) is 0 Å². The summed E-state index contributed by atoms with van der Waals surface area (Å²) >= 11 is 0. The maximum atomic E-state index is 5.23. The third-order valence-electron chi connectivity index (χ3n) is 1.58. The van der Waals surface area contributed by atoms with Gasteiger partial charge in [-0.1, -0.05) is 12.2 Å². The molecule has 0 radical (unpaired) electrons. The lowest BCUT2D eigenvalue weighted by Gasteiger charge is -2.10. The first-order valence-corrected chi connectivity index (χ1v) is 3.49. The SMILES string of the molecule is C=C(/C=C(/C)C(C)NN)OC. The molecular formula is C8H16N2O. The summed E-state index contributed by atoms with van der Waals surface area (Å²) in [6.45, 7) is 7.60. The van der Waals surface area contributed by atoms with Gasteiger partial charge in [0, 0.05) is 6.04 Å². The second-order valence-electron chi connectivity index (χ2n) is 2.45. The van der Waals surface area contributed by atoms with Gasteiger partial charge in [0.2, 0.25) is 0 Å². The summed E-state index contributed by atoms with van der Waals surface area (Å²) in [7, 11) is 1.59. The van der Waals surface area contributed by atoms with E-state index >= 15 is 0 Å². The topological polar surface area (TPSA) is 47.3 Å². The smallest absolute Gasteiger partial charge is 0.111 e. The molecule has 0 rings (SSSR count). The maximum Gasteiger partial charge on any atom is 0.111 e. The van der Waals surface area contributed by atoms with Gasteiger partial charge in [-0.05, 0) is 19.9 Å². The van der Waals surface area contributed by atoms with Gasteiger partial charge in [-0.3, -0.25) is 11.3 Å². The molecule has 0 saturated carbocycles. The predicted octanol–water partition coefficient (Wildman–Crippen LogP) is 0.945. The Kier molecular flexibility index (Phi) is 4.57. The van der Waals surface area contributed by atoms with E-state index in [1.165, 1.54) is 0 Å². The lowest BCUT2D eigenvalue weighted by molar-refractivity contribution is 0.308. The minimum Gasteiger partial charge on any atom is -0.497 e. The molecule has 64 valence electrons. The zero-order valence-corrected chi connectivity index (χ0v) is 7.35. The Morgan fingerprint density at radius 3 is 2.64 bits per heavy atom. The highest BCUT2D eigenvalue weighted by Crippen LogP contribution is 2.04. The maximum absolute atomic E-state index is 5.23. The van der Waals surface area contributed by atoms with Crippen molar-refractivity contribution in [1.82, 2.24) is 5.43 Å². The van der Waals surface area contributed by atoms with E-state index in [0.29, 0.717) is 5.76 Å². The van der Waals surface area contributed by atoms with Gasteiger partial charge in [-0.2, -0.15) is 0 Å². The average molecular weight is 156 g/mol. The Balaban J connectivity index is 4.09. The van der Waals surface area contributed by atoms with Crippen LogP contribution in [0.2, 0.25) is 0 Å². The van der Waals surface area contributed by atoms with Crippen molar-refractivity contribution in [2.24, 2.45) is 5.84 Å². The van der Waals surface area contributed by atoms with Crippen molar-refractivity contribution in [2.75, 3.05) is 7.11 Å². The van der Waals surface area contributed by atoms with E-state index in [0.717, 1.165) is 5.57 Å². The van der Waals surface area contributed by atoms with Crippen LogP contribution in [0.4, 0.5) is 0 Å². The fourth-order valence-electron chi connectivity index (χ4n) is 0.569. The third-order valence-corrected chi connectivity index (χ3v) is 1.58. The Morgan fingerprint density at radius 1 is 1.73 bits per heavy atom. The standard InChI is InChI=1S/C8H16N2O/c1-6(8(3)10-9)5-7(2)11-4/h5,8,10H,2,9H2,1,3-4H3/b6-5-. The van der Waals surface area contributed by atoms with Crippen LogP contribution in [0, 0.1) is 0 Å². The van der Waals surface area contributed by atoms with Crippen LogP contribution in [0.5, 0.6) is 0 Å². The van der Waals surface area contributed by atoms with Crippen LogP contribution in [0.3, 0.4) is 0 Å². The molecule has 3 nitrogen and oxygen atoms in total. The number of hydrogen-bond acceptors (Lipinski definition) is 3. The van der Waals surface area contributed by atoms with Gasteiger partial charge < -0.3 is 4.74 Å². The van der Waals surface area contributed by atoms with Crippen molar-refractivity contribution in [3.05, 3.63) is 24.0 Å². The van der Waals surface area contributed by atoms with Crippen molar-refractivity contribution in [3.63, 3.8) is 0 Å². The fourth-order valence-corrected chi connectivity index (χ4v) is 0.569. The molecule has 1 unspecified atom stereocenters. The Hall–Kier alpha value is -0.800. The monoisotopic (exact) mass is 156 g/mol. The third kappa shape index (κ3) is 3.80. The molecule has 0 bridgehead atoms. The normalized spacial score (nSPS) is 14.4.